The van der Waals surface area contributed by atoms with Crippen LogP contribution in [0.25, 0.3) is 16.7 Å². The number of rotatable bonds is 4. The number of benzene rings is 2. The third-order valence-corrected chi connectivity index (χ3v) is 5.34. The van der Waals surface area contributed by atoms with Crippen molar-refractivity contribution in [3.63, 3.8) is 0 Å². The minimum Gasteiger partial charge on any atom is -0.215 e. The summed E-state index contributed by atoms with van der Waals surface area (Å²) in [5.41, 5.74) is 1.78. The van der Waals surface area contributed by atoms with Gasteiger partial charge in [0.25, 0.3) is 0 Å². The molecule has 0 saturated heterocycles. The van der Waals surface area contributed by atoms with Crippen molar-refractivity contribution in [1.29, 1.82) is 0 Å². The van der Waals surface area contributed by atoms with Gasteiger partial charge < -0.3 is 0 Å². The molecule has 0 bridgehead atoms. The molecule has 4 nitrogen and oxygen atoms in total. The molecule has 0 N–H and O–H groups in total. The van der Waals surface area contributed by atoms with Crippen molar-refractivity contribution in [3.8, 4) is 5.69 Å². The third kappa shape index (κ3) is 3.38. The molecular weight excluding hydrogens is 372 g/mol. The standard InChI is InChI=1S/C18H13ClN4S2/c1-24-18-21-16-15(11-20-23(16)13-7-3-2-4-8-13)17(22-18)25-14-9-5-6-12(19)10-14/h2-11H,1H3. The lowest BCUT2D eigenvalue weighted by molar-refractivity contribution is 0.864. The van der Waals surface area contributed by atoms with Crippen molar-refractivity contribution < 1.29 is 0 Å². The smallest absolute Gasteiger partial charge is 0.190 e. The Labute approximate surface area is 158 Å². The molecule has 0 radical (unpaired) electrons. The molecule has 7 heteroatoms. The molecule has 0 saturated carbocycles. The van der Waals surface area contributed by atoms with Gasteiger partial charge in [0.05, 0.1) is 17.3 Å². The Morgan fingerprint density at radius 3 is 2.60 bits per heavy atom. The van der Waals surface area contributed by atoms with E-state index in [1.807, 2.05) is 71.7 Å². The largest absolute Gasteiger partial charge is 0.215 e. The molecule has 2 aromatic carbocycles. The normalized spacial score (nSPS) is 11.1. The first kappa shape index (κ1) is 16.4. The molecule has 4 rings (SSSR count). The van der Waals surface area contributed by atoms with Crippen LogP contribution in [-0.2, 0) is 0 Å². The van der Waals surface area contributed by atoms with Gasteiger partial charge in [0.1, 0.15) is 5.03 Å². The summed E-state index contributed by atoms with van der Waals surface area (Å²) >= 11 is 9.19. The predicted molar refractivity (Wildman–Crippen MR) is 104 cm³/mol. The number of nitrogens with zero attached hydrogens (tertiary/aromatic N) is 4. The van der Waals surface area contributed by atoms with Gasteiger partial charge in [-0.1, -0.05) is 59.4 Å². The highest BCUT2D eigenvalue weighted by Crippen LogP contribution is 2.34. The monoisotopic (exact) mass is 384 g/mol. The van der Waals surface area contributed by atoms with E-state index in [4.69, 9.17) is 11.6 Å². The van der Waals surface area contributed by atoms with Crippen LogP contribution in [0.15, 0.2) is 75.9 Å². The summed E-state index contributed by atoms with van der Waals surface area (Å²) in [7, 11) is 0. The van der Waals surface area contributed by atoms with Gasteiger partial charge in [-0.25, -0.2) is 14.6 Å². The maximum absolute atomic E-state index is 6.11. The Balaban J connectivity index is 1.86. The second kappa shape index (κ2) is 7.07. The molecule has 0 amide bonds. The van der Waals surface area contributed by atoms with E-state index in [9.17, 15) is 0 Å². The number of thioether (sulfide) groups is 1. The van der Waals surface area contributed by atoms with Crippen LogP contribution in [0.1, 0.15) is 0 Å². The summed E-state index contributed by atoms with van der Waals surface area (Å²) in [4.78, 5) is 10.4. The molecule has 25 heavy (non-hydrogen) atoms. The fourth-order valence-corrected chi connectivity index (χ4v) is 4.05. The Kier molecular flexibility index (Phi) is 4.65. The van der Waals surface area contributed by atoms with Crippen LogP contribution in [0.3, 0.4) is 0 Å². The van der Waals surface area contributed by atoms with Gasteiger partial charge in [-0.2, -0.15) is 5.10 Å². The van der Waals surface area contributed by atoms with E-state index in [0.717, 1.165) is 31.8 Å². The van der Waals surface area contributed by atoms with Gasteiger partial charge in [-0.05, 0) is 36.6 Å². The van der Waals surface area contributed by atoms with Crippen LogP contribution >= 0.6 is 35.1 Å². The van der Waals surface area contributed by atoms with Crippen LogP contribution in [0.2, 0.25) is 5.02 Å². The van der Waals surface area contributed by atoms with E-state index in [0.29, 0.717) is 5.02 Å². The van der Waals surface area contributed by atoms with Crippen molar-refractivity contribution in [3.05, 3.63) is 65.8 Å². The zero-order valence-corrected chi connectivity index (χ0v) is 15.6. The molecule has 2 aromatic heterocycles. The predicted octanol–water partition coefficient (Wildman–Crippen LogP) is 5.34. The molecular formula is C18H13ClN4S2. The Morgan fingerprint density at radius 1 is 1.00 bits per heavy atom. The average Bonchev–Trinajstić information content (AvgIpc) is 3.06. The van der Waals surface area contributed by atoms with Crippen molar-refractivity contribution >= 4 is 46.2 Å². The van der Waals surface area contributed by atoms with Gasteiger partial charge in [0.2, 0.25) is 0 Å². The molecule has 2 heterocycles. The van der Waals surface area contributed by atoms with Gasteiger partial charge in [0, 0.05) is 9.92 Å². The van der Waals surface area contributed by atoms with Gasteiger partial charge in [-0.15, -0.1) is 0 Å². The number of halogens is 1. The quantitative estimate of drug-likeness (QED) is 0.270. The van der Waals surface area contributed by atoms with E-state index < -0.39 is 0 Å². The van der Waals surface area contributed by atoms with Crippen LogP contribution in [0.4, 0.5) is 0 Å². The Hall–Kier alpha value is -2.02. The fourth-order valence-electron chi connectivity index (χ4n) is 2.43. The van der Waals surface area contributed by atoms with Gasteiger partial charge in [-0.3, -0.25) is 0 Å². The summed E-state index contributed by atoms with van der Waals surface area (Å²) in [6.45, 7) is 0. The highest BCUT2D eigenvalue weighted by Gasteiger charge is 2.15. The summed E-state index contributed by atoms with van der Waals surface area (Å²) < 4.78 is 1.85. The summed E-state index contributed by atoms with van der Waals surface area (Å²) in [5.74, 6) is 0. The highest BCUT2D eigenvalue weighted by molar-refractivity contribution is 7.99. The maximum Gasteiger partial charge on any atom is 0.190 e. The zero-order chi connectivity index (χ0) is 17.2. The minimum atomic E-state index is 0.709. The van der Waals surface area contributed by atoms with E-state index in [-0.39, 0.29) is 0 Å². The number of fused-ring (bicyclic) bond motifs is 1. The van der Waals surface area contributed by atoms with Crippen LogP contribution < -0.4 is 0 Å². The average molecular weight is 385 g/mol. The van der Waals surface area contributed by atoms with Gasteiger partial charge in [0.15, 0.2) is 10.8 Å². The SMILES string of the molecule is CSc1nc(Sc2cccc(Cl)c2)c2cnn(-c3ccccc3)c2n1. The molecule has 0 unspecified atom stereocenters. The molecule has 124 valence electrons. The Bertz CT molecular complexity index is 1030. The van der Waals surface area contributed by atoms with E-state index in [2.05, 4.69) is 15.1 Å². The number of para-hydroxylation sites is 1. The number of hydrogen-bond acceptors (Lipinski definition) is 5. The van der Waals surface area contributed by atoms with E-state index in [1.165, 1.54) is 11.8 Å². The lowest BCUT2D eigenvalue weighted by Crippen LogP contribution is -1.99. The number of hydrogen-bond donors (Lipinski definition) is 0. The zero-order valence-electron chi connectivity index (χ0n) is 13.3. The molecule has 0 aliphatic rings. The first-order valence-corrected chi connectivity index (χ1v) is 9.95. The molecule has 0 fully saturated rings. The number of aromatic nitrogens is 4. The van der Waals surface area contributed by atoms with E-state index in [1.54, 1.807) is 11.8 Å². The third-order valence-electron chi connectivity index (χ3n) is 3.57. The van der Waals surface area contributed by atoms with Crippen molar-refractivity contribution in [2.75, 3.05) is 6.26 Å². The van der Waals surface area contributed by atoms with Crippen LogP contribution in [0.5, 0.6) is 0 Å². The fraction of sp³-hybridized carbons (Fsp3) is 0.0556. The molecule has 0 aliphatic carbocycles. The van der Waals surface area contributed by atoms with E-state index >= 15 is 0 Å². The van der Waals surface area contributed by atoms with Crippen molar-refractivity contribution in [1.82, 2.24) is 19.7 Å². The molecule has 0 atom stereocenters. The minimum absolute atomic E-state index is 0.709. The first-order valence-electron chi connectivity index (χ1n) is 7.53. The van der Waals surface area contributed by atoms with Crippen molar-refractivity contribution in [2.24, 2.45) is 0 Å². The van der Waals surface area contributed by atoms with Crippen LogP contribution in [-0.4, -0.2) is 26.0 Å². The summed E-state index contributed by atoms with van der Waals surface area (Å²) in [6, 6.07) is 17.7. The molecule has 4 aromatic rings. The topological polar surface area (TPSA) is 43.6 Å². The lowest BCUT2D eigenvalue weighted by Gasteiger charge is -2.07. The summed E-state index contributed by atoms with van der Waals surface area (Å²) in [5, 5.41) is 7.75. The molecule has 0 aliphatic heterocycles. The van der Waals surface area contributed by atoms with Crippen LogP contribution in [0, 0.1) is 0 Å². The lowest BCUT2D eigenvalue weighted by atomic mass is 10.3. The highest BCUT2D eigenvalue weighted by atomic mass is 35.5. The van der Waals surface area contributed by atoms with Gasteiger partial charge >= 0.3 is 0 Å². The van der Waals surface area contributed by atoms with Crippen molar-refractivity contribution in [2.45, 2.75) is 15.1 Å². The first-order chi connectivity index (χ1) is 12.2. The molecule has 0 spiro atoms. The second-order valence-corrected chi connectivity index (χ2v) is 7.48. The summed E-state index contributed by atoms with van der Waals surface area (Å²) in [6.07, 6.45) is 3.79. The second-order valence-electron chi connectivity index (χ2n) is 5.20. The Morgan fingerprint density at radius 2 is 1.84 bits per heavy atom. The maximum atomic E-state index is 6.11.